The number of aromatic nitrogens is 1. The molecule has 0 spiro atoms. The SMILES string of the molecule is CN(Cc1ccc(F)cc1)c1nc(C2CC2)c(CO)s1. The second-order valence-corrected chi connectivity index (χ2v) is 6.28. The summed E-state index contributed by atoms with van der Waals surface area (Å²) >= 11 is 1.55. The highest BCUT2D eigenvalue weighted by atomic mass is 32.1. The van der Waals surface area contributed by atoms with Crippen molar-refractivity contribution in [1.82, 2.24) is 4.98 Å². The Labute approximate surface area is 121 Å². The molecule has 1 aromatic carbocycles. The van der Waals surface area contributed by atoms with Gasteiger partial charge in [0.25, 0.3) is 0 Å². The molecule has 1 aliphatic carbocycles. The maximum atomic E-state index is 12.9. The van der Waals surface area contributed by atoms with Gasteiger partial charge in [-0.25, -0.2) is 9.37 Å². The van der Waals surface area contributed by atoms with E-state index in [1.165, 1.54) is 25.0 Å². The van der Waals surface area contributed by atoms with Crippen LogP contribution >= 0.6 is 11.3 Å². The van der Waals surface area contributed by atoms with Gasteiger partial charge < -0.3 is 10.0 Å². The quantitative estimate of drug-likeness (QED) is 0.918. The molecule has 0 saturated heterocycles. The van der Waals surface area contributed by atoms with Crippen molar-refractivity contribution in [1.29, 1.82) is 0 Å². The molecule has 3 rings (SSSR count). The molecule has 0 amide bonds. The van der Waals surface area contributed by atoms with Gasteiger partial charge in [-0.15, -0.1) is 0 Å². The van der Waals surface area contributed by atoms with Crippen molar-refractivity contribution in [2.45, 2.75) is 31.9 Å². The van der Waals surface area contributed by atoms with Crippen LogP contribution in [0.5, 0.6) is 0 Å². The third kappa shape index (κ3) is 2.83. The molecule has 3 nitrogen and oxygen atoms in total. The third-order valence-electron chi connectivity index (χ3n) is 3.48. The van der Waals surface area contributed by atoms with Crippen molar-refractivity contribution in [2.24, 2.45) is 0 Å². The van der Waals surface area contributed by atoms with Crippen LogP contribution in [0.2, 0.25) is 0 Å². The molecule has 0 atom stereocenters. The minimum atomic E-state index is -0.218. The van der Waals surface area contributed by atoms with E-state index in [4.69, 9.17) is 0 Å². The Bertz CT molecular complexity index is 592. The number of aliphatic hydroxyl groups excluding tert-OH is 1. The van der Waals surface area contributed by atoms with Crippen LogP contribution in [0.1, 0.15) is 34.9 Å². The lowest BCUT2D eigenvalue weighted by Gasteiger charge is -2.15. The van der Waals surface area contributed by atoms with Crippen LogP contribution in [0.25, 0.3) is 0 Å². The molecule has 0 bridgehead atoms. The van der Waals surface area contributed by atoms with Crippen LogP contribution in [0, 0.1) is 5.82 Å². The van der Waals surface area contributed by atoms with Crippen LogP contribution in [0.3, 0.4) is 0 Å². The minimum absolute atomic E-state index is 0.0634. The molecule has 0 radical (unpaired) electrons. The number of rotatable bonds is 5. The molecular formula is C15H17FN2OS. The summed E-state index contributed by atoms with van der Waals surface area (Å²) in [4.78, 5) is 7.69. The van der Waals surface area contributed by atoms with Gasteiger partial charge in [-0.05, 0) is 30.5 Å². The summed E-state index contributed by atoms with van der Waals surface area (Å²) in [5.74, 6) is 0.325. The molecule has 0 aliphatic heterocycles. The van der Waals surface area contributed by atoms with E-state index in [1.54, 1.807) is 23.5 Å². The standard InChI is InChI=1S/C15H17FN2OS/c1-18(8-10-2-6-12(16)7-3-10)15-17-14(11-4-5-11)13(9-19)20-15/h2-3,6-7,11,19H,4-5,8-9H2,1H3. The van der Waals surface area contributed by atoms with Gasteiger partial charge >= 0.3 is 0 Å². The fourth-order valence-corrected chi connectivity index (χ4v) is 3.20. The maximum absolute atomic E-state index is 12.9. The number of benzene rings is 1. The van der Waals surface area contributed by atoms with Gasteiger partial charge in [0.1, 0.15) is 5.82 Å². The van der Waals surface area contributed by atoms with Crippen LogP contribution in [-0.2, 0) is 13.2 Å². The monoisotopic (exact) mass is 292 g/mol. The molecule has 20 heavy (non-hydrogen) atoms. The Morgan fingerprint density at radius 3 is 2.65 bits per heavy atom. The molecule has 0 unspecified atom stereocenters. The van der Waals surface area contributed by atoms with Crippen molar-refractivity contribution in [2.75, 3.05) is 11.9 Å². The van der Waals surface area contributed by atoms with Crippen LogP contribution in [0.15, 0.2) is 24.3 Å². The lowest BCUT2D eigenvalue weighted by atomic mass is 10.2. The Morgan fingerprint density at radius 2 is 2.05 bits per heavy atom. The Morgan fingerprint density at radius 1 is 1.35 bits per heavy atom. The predicted octanol–water partition coefficient (Wildman–Crippen LogP) is 3.29. The molecule has 1 fully saturated rings. The topological polar surface area (TPSA) is 36.4 Å². The zero-order valence-electron chi connectivity index (χ0n) is 11.3. The summed E-state index contributed by atoms with van der Waals surface area (Å²) in [5, 5.41) is 10.3. The van der Waals surface area contributed by atoms with Gasteiger partial charge in [0.15, 0.2) is 5.13 Å². The smallest absolute Gasteiger partial charge is 0.185 e. The fraction of sp³-hybridized carbons (Fsp3) is 0.400. The normalized spacial score (nSPS) is 14.6. The number of nitrogens with zero attached hydrogens (tertiary/aromatic N) is 2. The Kier molecular flexibility index (Phi) is 3.72. The molecule has 1 saturated carbocycles. The Hall–Kier alpha value is -1.46. The van der Waals surface area contributed by atoms with E-state index >= 15 is 0 Å². The first-order valence-corrected chi connectivity index (χ1v) is 7.55. The third-order valence-corrected chi connectivity index (χ3v) is 4.65. The number of halogens is 1. The van der Waals surface area contributed by atoms with Crippen LogP contribution in [-0.4, -0.2) is 17.1 Å². The zero-order valence-corrected chi connectivity index (χ0v) is 12.2. The maximum Gasteiger partial charge on any atom is 0.185 e. The van der Waals surface area contributed by atoms with E-state index < -0.39 is 0 Å². The van der Waals surface area contributed by atoms with E-state index in [0.29, 0.717) is 12.5 Å². The van der Waals surface area contributed by atoms with Gasteiger partial charge in [-0.1, -0.05) is 23.5 Å². The average Bonchev–Trinajstić information content (AvgIpc) is 3.20. The minimum Gasteiger partial charge on any atom is -0.391 e. The molecule has 1 N–H and O–H groups in total. The molecule has 1 aromatic heterocycles. The number of hydrogen-bond donors (Lipinski definition) is 1. The molecule has 1 heterocycles. The van der Waals surface area contributed by atoms with Crippen molar-refractivity contribution < 1.29 is 9.50 Å². The van der Waals surface area contributed by atoms with E-state index in [9.17, 15) is 9.50 Å². The first-order chi connectivity index (χ1) is 9.67. The summed E-state index contributed by atoms with van der Waals surface area (Å²) in [6.45, 7) is 0.747. The van der Waals surface area contributed by atoms with E-state index in [0.717, 1.165) is 21.3 Å². The largest absolute Gasteiger partial charge is 0.391 e. The summed E-state index contributed by atoms with van der Waals surface area (Å²) in [7, 11) is 1.97. The van der Waals surface area contributed by atoms with Crippen molar-refractivity contribution in [3.63, 3.8) is 0 Å². The van der Waals surface area contributed by atoms with Gasteiger partial charge in [-0.2, -0.15) is 0 Å². The lowest BCUT2D eigenvalue weighted by Crippen LogP contribution is -2.16. The van der Waals surface area contributed by atoms with Gasteiger partial charge in [0.05, 0.1) is 17.2 Å². The highest BCUT2D eigenvalue weighted by Gasteiger charge is 2.29. The van der Waals surface area contributed by atoms with Gasteiger partial charge in [0.2, 0.25) is 0 Å². The van der Waals surface area contributed by atoms with E-state index in [1.807, 2.05) is 11.9 Å². The summed E-state index contributed by atoms with van der Waals surface area (Å²) in [6.07, 6.45) is 2.36. The van der Waals surface area contributed by atoms with Crippen molar-refractivity contribution in [3.05, 3.63) is 46.2 Å². The lowest BCUT2D eigenvalue weighted by molar-refractivity contribution is 0.284. The van der Waals surface area contributed by atoms with Crippen LogP contribution < -0.4 is 4.90 Å². The second kappa shape index (κ2) is 5.50. The van der Waals surface area contributed by atoms with E-state index in [2.05, 4.69) is 4.98 Å². The van der Waals surface area contributed by atoms with Gasteiger partial charge in [-0.3, -0.25) is 0 Å². The summed E-state index contributed by atoms with van der Waals surface area (Å²) in [6, 6.07) is 6.52. The van der Waals surface area contributed by atoms with Crippen LogP contribution in [0.4, 0.5) is 9.52 Å². The van der Waals surface area contributed by atoms with Gasteiger partial charge in [0, 0.05) is 19.5 Å². The Balaban J connectivity index is 1.76. The molecule has 2 aromatic rings. The molecule has 1 aliphatic rings. The fourth-order valence-electron chi connectivity index (χ4n) is 2.23. The predicted molar refractivity (Wildman–Crippen MR) is 78.5 cm³/mol. The summed E-state index contributed by atoms with van der Waals surface area (Å²) in [5.41, 5.74) is 2.11. The number of thiazole rings is 1. The first-order valence-electron chi connectivity index (χ1n) is 6.73. The number of anilines is 1. The molecule has 106 valence electrons. The number of aliphatic hydroxyl groups is 1. The number of hydrogen-bond acceptors (Lipinski definition) is 4. The highest BCUT2D eigenvalue weighted by molar-refractivity contribution is 7.15. The highest BCUT2D eigenvalue weighted by Crippen LogP contribution is 2.44. The van der Waals surface area contributed by atoms with Crippen molar-refractivity contribution in [3.8, 4) is 0 Å². The first kappa shape index (κ1) is 13.5. The van der Waals surface area contributed by atoms with E-state index in [-0.39, 0.29) is 12.4 Å². The average molecular weight is 292 g/mol. The molecule has 5 heteroatoms. The molecular weight excluding hydrogens is 275 g/mol. The second-order valence-electron chi connectivity index (χ2n) is 5.22. The van der Waals surface area contributed by atoms with Crippen molar-refractivity contribution >= 4 is 16.5 Å². The zero-order chi connectivity index (χ0) is 14.1. The summed E-state index contributed by atoms with van der Waals surface area (Å²) < 4.78 is 12.9.